The van der Waals surface area contributed by atoms with Gasteiger partial charge in [0, 0.05) is 10.7 Å². The average molecular weight is 306 g/mol. The van der Waals surface area contributed by atoms with Crippen LogP contribution in [0.2, 0.25) is 0 Å². The monoisotopic (exact) mass is 305 g/mol. The third kappa shape index (κ3) is 2.81. The molecule has 0 amide bonds. The van der Waals surface area contributed by atoms with Gasteiger partial charge in [-0.2, -0.15) is 8.42 Å². The van der Waals surface area contributed by atoms with E-state index >= 15 is 0 Å². The molecule has 1 aliphatic rings. The van der Waals surface area contributed by atoms with Crippen molar-refractivity contribution in [1.82, 2.24) is 4.98 Å². The van der Waals surface area contributed by atoms with Gasteiger partial charge in [0.05, 0.1) is 11.9 Å². The maximum Gasteiger partial charge on any atom is 0.265 e. The van der Waals surface area contributed by atoms with E-state index in [1.807, 2.05) is 6.07 Å². The van der Waals surface area contributed by atoms with Gasteiger partial charge in [-0.1, -0.05) is 0 Å². The maximum absolute atomic E-state index is 11.1. The SMILES string of the molecule is CS(=O)(=O)OC1CCCc2cc(Br)cnc21. The van der Waals surface area contributed by atoms with Crippen LogP contribution in [-0.4, -0.2) is 19.7 Å². The van der Waals surface area contributed by atoms with Crippen LogP contribution in [0, 0.1) is 0 Å². The van der Waals surface area contributed by atoms with Gasteiger partial charge in [0.2, 0.25) is 0 Å². The Hall–Kier alpha value is -0.460. The van der Waals surface area contributed by atoms with E-state index in [1.54, 1.807) is 6.20 Å². The Balaban J connectivity index is 2.33. The minimum atomic E-state index is -3.43. The van der Waals surface area contributed by atoms with E-state index < -0.39 is 16.2 Å². The number of rotatable bonds is 2. The first-order chi connectivity index (χ1) is 7.46. The summed E-state index contributed by atoms with van der Waals surface area (Å²) in [6.07, 6.45) is 4.86. The number of aryl methyl sites for hydroxylation is 1. The smallest absolute Gasteiger partial charge is 0.260 e. The second-order valence-electron chi connectivity index (χ2n) is 3.88. The fourth-order valence-electron chi connectivity index (χ4n) is 1.90. The standard InChI is InChI=1S/C10H12BrNO3S/c1-16(13,14)15-9-4-2-3-7-5-8(11)6-12-10(7)9/h5-6,9H,2-4H2,1H3. The first-order valence-electron chi connectivity index (χ1n) is 4.98. The van der Waals surface area contributed by atoms with Crippen molar-refractivity contribution in [2.24, 2.45) is 0 Å². The summed E-state index contributed by atoms with van der Waals surface area (Å²) < 4.78 is 28.2. The normalized spacial score (nSPS) is 20.5. The summed E-state index contributed by atoms with van der Waals surface area (Å²) >= 11 is 3.35. The van der Waals surface area contributed by atoms with Crippen LogP contribution in [0.5, 0.6) is 0 Å². The molecule has 16 heavy (non-hydrogen) atoms. The zero-order valence-electron chi connectivity index (χ0n) is 8.81. The molecular weight excluding hydrogens is 294 g/mol. The number of halogens is 1. The largest absolute Gasteiger partial charge is 0.265 e. The lowest BCUT2D eigenvalue weighted by molar-refractivity contribution is 0.188. The van der Waals surface area contributed by atoms with E-state index in [4.69, 9.17) is 4.18 Å². The lowest BCUT2D eigenvalue weighted by Gasteiger charge is -2.23. The molecule has 1 heterocycles. The molecule has 0 saturated heterocycles. The lowest BCUT2D eigenvalue weighted by Crippen LogP contribution is -2.17. The van der Waals surface area contributed by atoms with Gasteiger partial charge in [-0.15, -0.1) is 0 Å². The van der Waals surface area contributed by atoms with Crippen LogP contribution in [0.1, 0.15) is 30.2 Å². The molecule has 0 aromatic carbocycles. The number of hydrogen-bond donors (Lipinski definition) is 0. The molecule has 0 spiro atoms. The van der Waals surface area contributed by atoms with Crippen molar-refractivity contribution in [3.8, 4) is 0 Å². The Bertz CT molecular complexity index is 501. The third-order valence-corrected chi connectivity index (χ3v) is 3.49. The Morgan fingerprint density at radius 1 is 1.56 bits per heavy atom. The zero-order valence-corrected chi connectivity index (χ0v) is 11.2. The van der Waals surface area contributed by atoms with E-state index in [-0.39, 0.29) is 0 Å². The Labute approximate surface area is 103 Å². The van der Waals surface area contributed by atoms with Gasteiger partial charge in [-0.05, 0) is 46.8 Å². The van der Waals surface area contributed by atoms with Gasteiger partial charge >= 0.3 is 0 Å². The number of aromatic nitrogens is 1. The van der Waals surface area contributed by atoms with Crippen LogP contribution in [0.4, 0.5) is 0 Å². The molecule has 1 unspecified atom stereocenters. The molecule has 1 aliphatic carbocycles. The highest BCUT2D eigenvalue weighted by Gasteiger charge is 2.25. The molecule has 0 saturated carbocycles. The quantitative estimate of drug-likeness (QED) is 0.786. The van der Waals surface area contributed by atoms with Crippen molar-refractivity contribution in [1.29, 1.82) is 0 Å². The summed E-state index contributed by atoms with van der Waals surface area (Å²) in [7, 11) is -3.43. The van der Waals surface area contributed by atoms with Crippen molar-refractivity contribution in [2.45, 2.75) is 25.4 Å². The van der Waals surface area contributed by atoms with Crippen LogP contribution in [0.15, 0.2) is 16.7 Å². The number of nitrogens with zero attached hydrogens (tertiary/aromatic N) is 1. The molecule has 88 valence electrons. The van der Waals surface area contributed by atoms with Crippen molar-refractivity contribution in [3.63, 3.8) is 0 Å². The van der Waals surface area contributed by atoms with E-state index in [9.17, 15) is 8.42 Å². The van der Waals surface area contributed by atoms with Gasteiger partial charge in [-0.3, -0.25) is 9.17 Å². The molecule has 0 N–H and O–H groups in total. The van der Waals surface area contributed by atoms with Gasteiger partial charge in [-0.25, -0.2) is 0 Å². The van der Waals surface area contributed by atoms with Crippen LogP contribution in [0.25, 0.3) is 0 Å². The summed E-state index contributed by atoms with van der Waals surface area (Å²) in [5, 5.41) is 0. The maximum atomic E-state index is 11.1. The first-order valence-corrected chi connectivity index (χ1v) is 7.59. The molecule has 1 aromatic heterocycles. The topological polar surface area (TPSA) is 56.3 Å². The van der Waals surface area contributed by atoms with Crippen LogP contribution >= 0.6 is 15.9 Å². The predicted molar refractivity (Wildman–Crippen MR) is 63.5 cm³/mol. The van der Waals surface area contributed by atoms with E-state index in [0.29, 0.717) is 6.42 Å². The van der Waals surface area contributed by atoms with Gasteiger partial charge in [0.25, 0.3) is 10.1 Å². The highest BCUT2D eigenvalue weighted by atomic mass is 79.9. The molecule has 1 aromatic rings. The number of hydrogen-bond acceptors (Lipinski definition) is 4. The molecule has 4 nitrogen and oxygen atoms in total. The molecule has 1 atom stereocenters. The fourth-order valence-corrected chi connectivity index (χ4v) is 2.89. The second-order valence-corrected chi connectivity index (χ2v) is 6.40. The van der Waals surface area contributed by atoms with E-state index in [1.165, 1.54) is 0 Å². The van der Waals surface area contributed by atoms with Crippen molar-refractivity contribution in [2.75, 3.05) is 6.26 Å². The minimum Gasteiger partial charge on any atom is -0.260 e. The molecule has 0 aliphatic heterocycles. The highest BCUT2D eigenvalue weighted by Crippen LogP contribution is 2.33. The Kier molecular flexibility index (Phi) is 3.32. The summed E-state index contributed by atoms with van der Waals surface area (Å²) in [4.78, 5) is 4.25. The highest BCUT2D eigenvalue weighted by molar-refractivity contribution is 9.10. The van der Waals surface area contributed by atoms with Gasteiger partial charge in [0.15, 0.2) is 0 Å². The number of pyridine rings is 1. The minimum absolute atomic E-state index is 0.424. The van der Waals surface area contributed by atoms with Gasteiger partial charge in [0.1, 0.15) is 6.10 Å². The Morgan fingerprint density at radius 2 is 2.31 bits per heavy atom. The van der Waals surface area contributed by atoms with E-state index in [2.05, 4.69) is 20.9 Å². The first kappa shape index (κ1) is 12.0. The van der Waals surface area contributed by atoms with Crippen molar-refractivity contribution >= 4 is 26.0 Å². The third-order valence-electron chi connectivity index (χ3n) is 2.48. The average Bonchev–Trinajstić information content (AvgIpc) is 2.15. The molecule has 6 heteroatoms. The predicted octanol–water partition coefficient (Wildman–Crippen LogP) is 2.20. The van der Waals surface area contributed by atoms with Crippen molar-refractivity contribution < 1.29 is 12.6 Å². The summed E-state index contributed by atoms with van der Waals surface area (Å²) in [6.45, 7) is 0. The van der Waals surface area contributed by atoms with Crippen LogP contribution in [0.3, 0.4) is 0 Å². The van der Waals surface area contributed by atoms with Crippen molar-refractivity contribution in [3.05, 3.63) is 28.0 Å². The second kappa shape index (κ2) is 4.43. The molecule has 0 radical (unpaired) electrons. The molecular formula is C10H12BrNO3S. The fraction of sp³-hybridized carbons (Fsp3) is 0.500. The summed E-state index contributed by atoms with van der Waals surface area (Å²) in [5.41, 5.74) is 1.81. The van der Waals surface area contributed by atoms with E-state index in [0.717, 1.165) is 34.8 Å². The van der Waals surface area contributed by atoms with Crippen LogP contribution < -0.4 is 0 Å². The molecule has 0 fully saturated rings. The lowest BCUT2D eigenvalue weighted by atomic mass is 9.94. The zero-order chi connectivity index (χ0) is 11.8. The number of fused-ring (bicyclic) bond motifs is 1. The summed E-state index contributed by atoms with van der Waals surface area (Å²) in [5.74, 6) is 0. The van der Waals surface area contributed by atoms with Gasteiger partial charge < -0.3 is 0 Å². The Morgan fingerprint density at radius 3 is 3.00 bits per heavy atom. The summed E-state index contributed by atoms with van der Waals surface area (Å²) in [6, 6.07) is 1.97. The molecule has 0 bridgehead atoms. The molecule has 2 rings (SSSR count). The van der Waals surface area contributed by atoms with Crippen LogP contribution in [-0.2, 0) is 20.7 Å².